The lowest BCUT2D eigenvalue weighted by Gasteiger charge is -2.27. The molecule has 0 bridgehead atoms. The highest BCUT2D eigenvalue weighted by atomic mass is 32.2. The van der Waals surface area contributed by atoms with Gasteiger partial charge in [0.2, 0.25) is 0 Å². The Morgan fingerprint density at radius 1 is 1.35 bits per heavy atom. The second-order valence-corrected chi connectivity index (χ2v) is 8.95. The number of halogens is 1. The van der Waals surface area contributed by atoms with Crippen molar-refractivity contribution in [2.75, 3.05) is 18.1 Å². The maximum absolute atomic E-state index is 13.4. The summed E-state index contributed by atoms with van der Waals surface area (Å²) in [5.41, 5.74) is 0.969. The van der Waals surface area contributed by atoms with E-state index in [9.17, 15) is 12.8 Å². The van der Waals surface area contributed by atoms with Crippen molar-refractivity contribution in [3.63, 3.8) is 0 Å². The van der Waals surface area contributed by atoms with Crippen molar-refractivity contribution in [1.82, 2.24) is 5.32 Å². The molecule has 2 heterocycles. The molecule has 0 saturated carbocycles. The molecule has 0 radical (unpaired) electrons. The van der Waals surface area contributed by atoms with Crippen molar-refractivity contribution >= 4 is 21.6 Å². The van der Waals surface area contributed by atoms with Crippen molar-refractivity contribution in [3.05, 3.63) is 29.6 Å². The Hall–Kier alpha value is -0.590. The van der Waals surface area contributed by atoms with Crippen LogP contribution in [0.4, 0.5) is 4.39 Å². The standard InChI is InChI=1S/C14H18FNO2S2/c15-10-3-4-14-12(8-10)13(5-6-19-14)16-9-11-2-1-7-20(11,17)18/h3-4,8,11,13,16H,1-2,5-7,9H2. The van der Waals surface area contributed by atoms with Crippen LogP contribution in [0, 0.1) is 5.82 Å². The third kappa shape index (κ3) is 2.87. The van der Waals surface area contributed by atoms with Crippen LogP contribution in [0.25, 0.3) is 0 Å². The quantitative estimate of drug-likeness (QED) is 0.931. The zero-order valence-electron chi connectivity index (χ0n) is 11.1. The van der Waals surface area contributed by atoms with E-state index >= 15 is 0 Å². The summed E-state index contributed by atoms with van der Waals surface area (Å²) >= 11 is 1.73. The average molecular weight is 315 g/mol. The maximum Gasteiger partial charge on any atom is 0.154 e. The van der Waals surface area contributed by atoms with Gasteiger partial charge in [-0.05, 0) is 48.8 Å². The van der Waals surface area contributed by atoms with Gasteiger partial charge in [0.25, 0.3) is 0 Å². The fourth-order valence-corrected chi connectivity index (χ4v) is 5.82. The Balaban J connectivity index is 1.72. The number of rotatable bonds is 3. The summed E-state index contributed by atoms with van der Waals surface area (Å²) in [6.45, 7) is 0.480. The Kier molecular flexibility index (Phi) is 4.06. The van der Waals surface area contributed by atoms with E-state index in [-0.39, 0.29) is 17.1 Å². The number of benzene rings is 1. The first-order valence-electron chi connectivity index (χ1n) is 6.93. The molecule has 0 aromatic heterocycles. The minimum Gasteiger partial charge on any atom is -0.309 e. The van der Waals surface area contributed by atoms with Crippen LogP contribution in [-0.2, 0) is 9.84 Å². The van der Waals surface area contributed by atoms with Crippen LogP contribution in [0.3, 0.4) is 0 Å². The number of hydrogen-bond acceptors (Lipinski definition) is 4. The topological polar surface area (TPSA) is 46.2 Å². The predicted octanol–water partition coefficient (Wildman–Crippen LogP) is 2.53. The first-order valence-corrected chi connectivity index (χ1v) is 9.63. The monoisotopic (exact) mass is 315 g/mol. The van der Waals surface area contributed by atoms with Gasteiger partial charge in [-0.25, -0.2) is 12.8 Å². The van der Waals surface area contributed by atoms with E-state index in [0.29, 0.717) is 12.3 Å². The van der Waals surface area contributed by atoms with Crippen LogP contribution < -0.4 is 5.32 Å². The molecular formula is C14H18FNO2S2. The van der Waals surface area contributed by atoms with Crippen LogP contribution >= 0.6 is 11.8 Å². The van der Waals surface area contributed by atoms with Crippen LogP contribution in [0.2, 0.25) is 0 Å². The Morgan fingerprint density at radius 2 is 2.20 bits per heavy atom. The fourth-order valence-electron chi connectivity index (χ4n) is 2.94. The molecule has 2 unspecified atom stereocenters. The van der Waals surface area contributed by atoms with Gasteiger partial charge in [-0.2, -0.15) is 0 Å². The third-order valence-corrected chi connectivity index (χ3v) is 7.46. The van der Waals surface area contributed by atoms with Gasteiger partial charge >= 0.3 is 0 Å². The summed E-state index contributed by atoms with van der Waals surface area (Å²) in [6.07, 6.45) is 2.42. The van der Waals surface area contributed by atoms with E-state index in [4.69, 9.17) is 0 Å². The Bertz CT molecular complexity index is 603. The Morgan fingerprint density at radius 3 is 2.95 bits per heavy atom. The van der Waals surface area contributed by atoms with Crippen LogP contribution in [0.5, 0.6) is 0 Å². The van der Waals surface area contributed by atoms with E-state index in [1.54, 1.807) is 17.8 Å². The molecule has 1 N–H and O–H groups in total. The summed E-state index contributed by atoms with van der Waals surface area (Å²) in [6, 6.07) is 4.94. The lowest BCUT2D eigenvalue weighted by atomic mass is 10.0. The van der Waals surface area contributed by atoms with Crippen molar-refractivity contribution in [1.29, 1.82) is 0 Å². The third-order valence-electron chi connectivity index (χ3n) is 4.07. The molecule has 1 fully saturated rings. The largest absolute Gasteiger partial charge is 0.309 e. The first kappa shape index (κ1) is 14.4. The smallest absolute Gasteiger partial charge is 0.154 e. The van der Waals surface area contributed by atoms with Crippen molar-refractivity contribution in [2.45, 2.75) is 35.4 Å². The number of thioether (sulfide) groups is 1. The maximum atomic E-state index is 13.4. The summed E-state index contributed by atoms with van der Waals surface area (Å²) in [5.74, 6) is 1.06. The second kappa shape index (κ2) is 5.66. The fraction of sp³-hybridized carbons (Fsp3) is 0.571. The lowest BCUT2D eigenvalue weighted by Crippen LogP contribution is -2.34. The van der Waals surface area contributed by atoms with Gasteiger partial charge < -0.3 is 5.32 Å². The zero-order valence-corrected chi connectivity index (χ0v) is 12.8. The van der Waals surface area contributed by atoms with Crippen molar-refractivity contribution in [2.24, 2.45) is 0 Å². The Labute approximate surface area is 123 Å². The van der Waals surface area contributed by atoms with Gasteiger partial charge in [0, 0.05) is 17.5 Å². The molecule has 2 atom stereocenters. The van der Waals surface area contributed by atoms with Gasteiger partial charge in [0.05, 0.1) is 11.0 Å². The number of fused-ring (bicyclic) bond motifs is 1. The van der Waals surface area contributed by atoms with E-state index in [2.05, 4.69) is 5.32 Å². The van der Waals surface area contributed by atoms with Crippen LogP contribution in [0.1, 0.15) is 30.9 Å². The molecule has 2 aliphatic rings. The molecule has 0 spiro atoms. The predicted molar refractivity (Wildman–Crippen MR) is 79.3 cm³/mol. The minimum absolute atomic E-state index is 0.0674. The highest BCUT2D eigenvalue weighted by Crippen LogP contribution is 2.36. The molecule has 1 aromatic rings. The normalized spacial score (nSPS) is 28.2. The molecule has 0 amide bonds. The average Bonchev–Trinajstić information content (AvgIpc) is 2.75. The molecule has 2 aliphatic heterocycles. The lowest BCUT2D eigenvalue weighted by molar-refractivity contribution is 0.491. The zero-order chi connectivity index (χ0) is 14.2. The van der Waals surface area contributed by atoms with Crippen molar-refractivity contribution in [3.8, 4) is 0 Å². The molecule has 1 saturated heterocycles. The van der Waals surface area contributed by atoms with E-state index in [0.717, 1.165) is 35.5 Å². The molecule has 0 aliphatic carbocycles. The minimum atomic E-state index is -2.92. The molecule has 20 heavy (non-hydrogen) atoms. The highest BCUT2D eigenvalue weighted by molar-refractivity contribution is 7.99. The summed E-state index contributed by atoms with van der Waals surface area (Å²) < 4.78 is 37.1. The molecule has 1 aromatic carbocycles. The van der Waals surface area contributed by atoms with E-state index in [1.165, 1.54) is 6.07 Å². The van der Waals surface area contributed by atoms with Gasteiger partial charge in [-0.3, -0.25) is 0 Å². The number of nitrogens with one attached hydrogen (secondary N) is 1. The first-order chi connectivity index (χ1) is 9.56. The molecule has 110 valence electrons. The summed E-state index contributed by atoms with van der Waals surface area (Å²) in [5, 5.41) is 3.07. The van der Waals surface area contributed by atoms with Gasteiger partial charge in [-0.15, -0.1) is 11.8 Å². The van der Waals surface area contributed by atoms with Crippen LogP contribution in [0.15, 0.2) is 23.1 Å². The second-order valence-electron chi connectivity index (χ2n) is 5.41. The molecule has 6 heteroatoms. The summed E-state index contributed by atoms with van der Waals surface area (Å²) in [4.78, 5) is 1.10. The molecule has 3 rings (SSSR count). The summed E-state index contributed by atoms with van der Waals surface area (Å²) in [7, 11) is -2.92. The van der Waals surface area contributed by atoms with Gasteiger partial charge in [0.15, 0.2) is 9.84 Å². The van der Waals surface area contributed by atoms with Gasteiger partial charge in [-0.1, -0.05) is 0 Å². The van der Waals surface area contributed by atoms with E-state index < -0.39 is 9.84 Å². The van der Waals surface area contributed by atoms with E-state index in [1.807, 2.05) is 6.07 Å². The van der Waals surface area contributed by atoms with Gasteiger partial charge in [0.1, 0.15) is 5.82 Å². The SMILES string of the molecule is O=S1(=O)CCCC1CNC1CCSc2ccc(F)cc21. The van der Waals surface area contributed by atoms with Crippen molar-refractivity contribution < 1.29 is 12.8 Å². The highest BCUT2D eigenvalue weighted by Gasteiger charge is 2.32. The van der Waals surface area contributed by atoms with Crippen LogP contribution in [-0.4, -0.2) is 31.7 Å². The molecular weight excluding hydrogens is 297 g/mol. The molecule has 3 nitrogen and oxygen atoms in total. The number of hydrogen-bond donors (Lipinski definition) is 1. The number of sulfone groups is 1.